The molecule has 0 rings (SSSR count). The molecule has 6 heteroatoms. The van der Waals surface area contributed by atoms with Gasteiger partial charge in [0.05, 0.1) is 6.61 Å². The van der Waals surface area contributed by atoms with E-state index in [1.54, 1.807) is 0 Å². The van der Waals surface area contributed by atoms with Gasteiger partial charge in [0.15, 0.2) is 0 Å². The third-order valence-electron chi connectivity index (χ3n) is 9.13. The van der Waals surface area contributed by atoms with E-state index in [1.165, 1.54) is 186 Å². The van der Waals surface area contributed by atoms with Crippen LogP contribution in [0, 0.1) is 5.92 Å². The first-order valence-corrected chi connectivity index (χ1v) is 20.4. The van der Waals surface area contributed by atoms with E-state index in [4.69, 9.17) is 0 Å². The standard InChI is InChI=1S/C37H76O4S.Na/c1-3-5-7-9-11-13-15-16-17-18-19-20-21-22-23-25-27-29-31-33-35-37(36-41-42(38,39)40)34-32-30-28-26-24-14-12-10-8-6-4-2;/h37H,3-36H2,1-2H3,(H,38,39,40);/q;+1/p-1. The summed E-state index contributed by atoms with van der Waals surface area (Å²) in [5.74, 6) is 0.197. The van der Waals surface area contributed by atoms with Crippen molar-refractivity contribution in [2.45, 2.75) is 226 Å². The zero-order valence-electron chi connectivity index (χ0n) is 29.7. The molecule has 0 aromatic rings. The Kier molecular flexibility index (Phi) is 39.9. The van der Waals surface area contributed by atoms with Crippen molar-refractivity contribution in [2.75, 3.05) is 6.61 Å². The van der Waals surface area contributed by atoms with E-state index >= 15 is 0 Å². The minimum Gasteiger partial charge on any atom is -0.726 e. The van der Waals surface area contributed by atoms with Crippen molar-refractivity contribution in [2.24, 2.45) is 5.92 Å². The van der Waals surface area contributed by atoms with Gasteiger partial charge in [-0.25, -0.2) is 8.42 Å². The van der Waals surface area contributed by atoms with E-state index in [-0.39, 0.29) is 42.1 Å². The summed E-state index contributed by atoms with van der Waals surface area (Å²) in [5, 5.41) is 0. The van der Waals surface area contributed by atoms with Crippen LogP contribution in [0.4, 0.5) is 0 Å². The molecule has 0 spiro atoms. The second-order valence-corrected chi connectivity index (χ2v) is 14.4. The SMILES string of the molecule is CCCCCCCCCCCCCCCCCCCCCCC(CCCCCCCCCCCCC)COS(=O)(=O)[O-].[Na+]. The Hall–Kier alpha value is 0.870. The van der Waals surface area contributed by atoms with Crippen molar-refractivity contribution in [1.29, 1.82) is 0 Å². The second kappa shape index (κ2) is 37.3. The maximum absolute atomic E-state index is 11.0. The number of hydrogen-bond acceptors (Lipinski definition) is 4. The molecule has 0 amide bonds. The molecule has 0 aromatic carbocycles. The fraction of sp³-hybridized carbons (Fsp3) is 1.00. The van der Waals surface area contributed by atoms with Gasteiger partial charge in [0.2, 0.25) is 10.4 Å². The van der Waals surface area contributed by atoms with Crippen LogP contribution in [0.3, 0.4) is 0 Å². The van der Waals surface area contributed by atoms with Crippen molar-refractivity contribution in [1.82, 2.24) is 0 Å². The van der Waals surface area contributed by atoms with Crippen molar-refractivity contribution < 1.29 is 46.7 Å². The summed E-state index contributed by atoms with van der Waals surface area (Å²) in [4.78, 5) is 0. The van der Waals surface area contributed by atoms with Crippen LogP contribution in [0.15, 0.2) is 0 Å². The van der Waals surface area contributed by atoms with Gasteiger partial charge >= 0.3 is 29.6 Å². The third-order valence-corrected chi connectivity index (χ3v) is 9.55. The summed E-state index contributed by atoms with van der Waals surface area (Å²) in [6, 6.07) is 0. The molecule has 1 atom stereocenters. The first-order chi connectivity index (χ1) is 20.5. The summed E-state index contributed by atoms with van der Waals surface area (Å²) in [5.41, 5.74) is 0. The van der Waals surface area contributed by atoms with Gasteiger partial charge < -0.3 is 4.55 Å². The third kappa shape index (κ3) is 40.8. The van der Waals surface area contributed by atoms with Gasteiger partial charge in [-0.3, -0.25) is 4.18 Å². The van der Waals surface area contributed by atoms with Crippen molar-refractivity contribution in [3.63, 3.8) is 0 Å². The molecule has 0 aromatic heterocycles. The first kappa shape index (κ1) is 46.0. The van der Waals surface area contributed by atoms with Crippen LogP contribution in [0.5, 0.6) is 0 Å². The molecule has 0 radical (unpaired) electrons. The van der Waals surface area contributed by atoms with Crippen LogP contribution >= 0.6 is 0 Å². The van der Waals surface area contributed by atoms with Gasteiger partial charge in [-0.2, -0.15) is 0 Å². The molecule has 1 unspecified atom stereocenters. The topological polar surface area (TPSA) is 66.4 Å². The van der Waals surface area contributed by atoms with Gasteiger partial charge in [-0.15, -0.1) is 0 Å². The minimum atomic E-state index is -4.59. The van der Waals surface area contributed by atoms with Gasteiger partial charge in [0, 0.05) is 0 Å². The van der Waals surface area contributed by atoms with Crippen LogP contribution < -0.4 is 29.6 Å². The Balaban J connectivity index is 0. The average Bonchev–Trinajstić information content (AvgIpc) is 2.96. The number of hydrogen-bond donors (Lipinski definition) is 0. The van der Waals surface area contributed by atoms with E-state index in [9.17, 15) is 13.0 Å². The van der Waals surface area contributed by atoms with E-state index in [1.807, 2.05) is 0 Å². The molecular weight excluding hydrogens is 563 g/mol. The molecule has 254 valence electrons. The molecule has 0 heterocycles. The predicted molar refractivity (Wildman–Crippen MR) is 183 cm³/mol. The summed E-state index contributed by atoms with van der Waals surface area (Å²) >= 11 is 0. The van der Waals surface area contributed by atoms with E-state index < -0.39 is 10.4 Å². The Morgan fingerprint density at radius 3 is 0.837 bits per heavy atom. The minimum absolute atomic E-state index is 0. The van der Waals surface area contributed by atoms with E-state index in [2.05, 4.69) is 18.0 Å². The average molecular weight is 639 g/mol. The van der Waals surface area contributed by atoms with Crippen molar-refractivity contribution >= 4 is 10.4 Å². The summed E-state index contributed by atoms with van der Waals surface area (Å²) in [7, 11) is -4.59. The summed E-state index contributed by atoms with van der Waals surface area (Å²) < 4.78 is 37.6. The van der Waals surface area contributed by atoms with Gasteiger partial charge in [0.1, 0.15) is 0 Å². The maximum Gasteiger partial charge on any atom is 1.00 e. The second-order valence-electron chi connectivity index (χ2n) is 13.4. The Bertz CT molecular complexity index is 614. The smallest absolute Gasteiger partial charge is 0.726 e. The fourth-order valence-corrected chi connectivity index (χ4v) is 6.64. The molecule has 0 N–H and O–H groups in total. The normalized spacial score (nSPS) is 12.4. The zero-order chi connectivity index (χ0) is 30.8. The molecule has 0 bridgehead atoms. The van der Waals surface area contributed by atoms with E-state index in [0.29, 0.717) is 0 Å². The summed E-state index contributed by atoms with van der Waals surface area (Å²) in [6.07, 6.45) is 43.9. The molecule has 0 aliphatic heterocycles. The first-order valence-electron chi connectivity index (χ1n) is 19.1. The van der Waals surface area contributed by atoms with Gasteiger partial charge in [0.25, 0.3) is 0 Å². The Labute approximate surface area is 293 Å². The van der Waals surface area contributed by atoms with Crippen LogP contribution in [0.2, 0.25) is 0 Å². The van der Waals surface area contributed by atoms with E-state index in [0.717, 1.165) is 25.7 Å². The van der Waals surface area contributed by atoms with Crippen LogP contribution in [-0.2, 0) is 14.6 Å². The largest absolute Gasteiger partial charge is 1.00 e. The molecule has 0 aliphatic rings. The van der Waals surface area contributed by atoms with Crippen LogP contribution in [0.25, 0.3) is 0 Å². The molecule has 0 fully saturated rings. The monoisotopic (exact) mass is 639 g/mol. The predicted octanol–water partition coefficient (Wildman–Crippen LogP) is 10.00. The van der Waals surface area contributed by atoms with Gasteiger partial charge in [-0.1, -0.05) is 213 Å². The fourth-order valence-electron chi connectivity index (χ4n) is 6.28. The molecule has 0 saturated heterocycles. The zero-order valence-corrected chi connectivity index (χ0v) is 32.5. The Morgan fingerprint density at radius 1 is 0.419 bits per heavy atom. The van der Waals surface area contributed by atoms with Crippen molar-refractivity contribution in [3.8, 4) is 0 Å². The van der Waals surface area contributed by atoms with Crippen LogP contribution in [-0.4, -0.2) is 19.6 Å². The van der Waals surface area contributed by atoms with Gasteiger partial charge in [-0.05, 0) is 18.8 Å². The molecule has 4 nitrogen and oxygen atoms in total. The summed E-state index contributed by atoms with van der Waals surface area (Å²) in [6.45, 7) is 4.62. The molecule has 0 saturated carbocycles. The number of rotatable bonds is 36. The van der Waals surface area contributed by atoms with Crippen LogP contribution in [0.1, 0.15) is 226 Å². The Morgan fingerprint density at radius 2 is 0.628 bits per heavy atom. The van der Waals surface area contributed by atoms with Crippen molar-refractivity contribution in [3.05, 3.63) is 0 Å². The maximum atomic E-state index is 11.0. The number of unbranched alkanes of at least 4 members (excludes halogenated alkanes) is 29. The molecular formula is C37H75NaO4S. The molecule has 43 heavy (non-hydrogen) atoms. The molecule has 0 aliphatic carbocycles. The quantitative estimate of drug-likeness (QED) is 0.0296.